The summed E-state index contributed by atoms with van der Waals surface area (Å²) in [6.45, 7) is 2.42. The average Bonchev–Trinajstić information content (AvgIpc) is 3.12. The third-order valence-electron chi connectivity index (χ3n) is 4.13. The van der Waals surface area contributed by atoms with E-state index in [-0.39, 0.29) is 23.9 Å². The molecule has 1 heterocycles. The van der Waals surface area contributed by atoms with Gasteiger partial charge in [-0.2, -0.15) is 0 Å². The number of nitrogens with one attached hydrogen (secondary N) is 1. The van der Waals surface area contributed by atoms with Gasteiger partial charge in [0.05, 0.1) is 12.6 Å². The Hall–Kier alpha value is -1.46. The van der Waals surface area contributed by atoms with Crippen molar-refractivity contribution in [2.45, 2.75) is 37.5 Å². The number of carbonyl (C=O) groups excluding carboxylic acids is 1. The molecule has 0 radical (unpaired) electrons. The summed E-state index contributed by atoms with van der Waals surface area (Å²) < 4.78 is 18.6. The summed E-state index contributed by atoms with van der Waals surface area (Å²) in [5.41, 5.74) is 0.365. The number of benzene rings is 1. The SMILES string of the molecule is COCC(C)N1C(=O)C2(CC2)NC1c1cccc(F)c1. The van der Waals surface area contributed by atoms with Crippen LogP contribution in [0.2, 0.25) is 0 Å². The van der Waals surface area contributed by atoms with Crippen molar-refractivity contribution in [3.05, 3.63) is 35.6 Å². The minimum absolute atomic E-state index is 0.0479. The van der Waals surface area contributed by atoms with Crippen LogP contribution in [0.5, 0.6) is 0 Å². The summed E-state index contributed by atoms with van der Waals surface area (Å²) in [6, 6.07) is 6.37. The molecule has 2 aliphatic rings. The molecule has 1 aliphatic carbocycles. The Labute approximate surface area is 117 Å². The molecule has 20 heavy (non-hydrogen) atoms. The van der Waals surface area contributed by atoms with Gasteiger partial charge in [-0.3, -0.25) is 10.1 Å². The van der Waals surface area contributed by atoms with Crippen LogP contribution in [0.15, 0.2) is 24.3 Å². The summed E-state index contributed by atoms with van der Waals surface area (Å²) in [7, 11) is 1.62. The normalized spacial score (nSPS) is 25.2. The van der Waals surface area contributed by atoms with E-state index < -0.39 is 5.54 Å². The van der Waals surface area contributed by atoms with Crippen LogP contribution in [-0.4, -0.2) is 36.1 Å². The molecule has 4 nitrogen and oxygen atoms in total. The molecule has 1 aromatic carbocycles. The monoisotopic (exact) mass is 278 g/mol. The molecule has 1 N–H and O–H groups in total. The number of methoxy groups -OCH3 is 1. The Morgan fingerprint density at radius 3 is 2.90 bits per heavy atom. The Kier molecular flexibility index (Phi) is 3.26. The summed E-state index contributed by atoms with van der Waals surface area (Å²) in [6.07, 6.45) is 1.44. The van der Waals surface area contributed by atoms with Gasteiger partial charge in [0.25, 0.3) is 0 Å². The maximum atomic E-state index is 13.4. The predicted molar refractivity (Wildman–Crippen MR) is 72.4 cm³/mol. The number of carbonyl (C=O) groups is 1. The highest BCUT2D eigenvalue weighted by molar-refractivity contribution is 5.92. The Morgan fingerprint density at radius 1 is 1.55 bits per heavy atom. The molecule has 0 aromatic heterocycles. The lowest BCUT2D eigenvalue weighted by Gasteiger charge is -2.30. The van der Waals surface area contributed by atoms with Crippen molar-refractivity contribution in [1.29, 1.82) is 0 Å². The molecule has 1 spiro atoms. The quantitative estimate of drug-likeness (QED) is 0.913. The van der Waals surface area contributed by atoms with E-state index >= 15 is 0 Å². The first-order valence-electron chi connectivity index (χ1n) is 6.92. The van der Waals surface area contributed by atoms with Gasteiger partial charge in [-0.05, 0) is 37.5 Å². The van der Waals surface area contributed by atoms with E-state index in [1.165, 1.54) is 12.1 Å². The minimum Gasteiger partial charge on any atom is -0.383 e. The molecule has 1 aromatic rings. The molecule has 1 aliphatic heterocycles. The number of halogens is 1. The van der Waals surface area contributed by atoms with Gasteiger partial charge >= 0.3 is 0 Å². The minimum atomic E-state index is -0.418. The summed E-state index contributed by atoms with van der Waals surface area (Å²) in [4.78, 5) is 14.4. The van der Waals surface area contributed by atoms with E-state index in [0.717, 1.165) is 18.4 Å². The Bertz CT molecular complexity index is 530. The molecular weight excluding hydrogens is 259 g/mol. The lowest BCUT2D eigenvalue weighted by Crippen LogP contribution is -2.41. The molecule has 108 valence electrons. The van der Waals surface area contributed by atoms with E-state index in [0.29, 0.717) is 6.61 Å². The predicted octanol–water partition coefficient (Wildman–Crippen LogP) is 1.82. The zero-order valence-corrected chi connectivity index (χ0v) is 11.7. The molecule has 2 fully saturated rings. The van der Waals surface area contributed by atoms with Gasteiger partial charge in [0, 0.05) is 7.11 Å². The first-order chi connectivity index (χ1) is 9.57. The van der Waals surface area contributed by atoms with Gasteiger partial charge in [-0.1, -0.05) is 12.1 Å². The maximum absolute atomic E-state index is 13.4. The van der Waals surface area contributed by atoms with Crippen molar-refractivity contribution in [2.24, 2.45) is 0 Å². The van der Waals surface area contributed by atoms with E-state index in [1.54, 1.807) is 18.1 Å². The number of hydrogen-bond acceptors (Lipinski definition) is 3. The topological polar surface area (TPSA) is 41.6 Å². The van der Waals surface area contributed by atoms with Crippen LogP contribution in [0.1, 0.15) is 31.5 Å². The molecular formula is C15H19FN2O2. The van der Waals surface area contributed by atoms with Crippen molar-refractivity contribution in [3.63, 3.8) is 0 Å². The van der Waals surface area contributed by atoms with Crippen LogP contribution in [-0.2, 0) is 9.53 Å². The van der Waals surface area contributed by atoms with E-state index in [9.17, 15) is 9.18 Å². The van der Waals surface area contributed by atoms with Crippen LogP contribution < -0.4 is 5.32 Å². The first kappa shape index (κ1) is 13.5. The van der Waals surface area contributed by atoms with Crippen molar-refractivity contribution in [1.82, 2.24) is 10.2 Å². The number of amides is 1. The molecule has 1 saturated carbocycles. The second-order valence-corrected chi connectivity index (χ2v) is 5.70. The highest BCUT2D eigenvalue weighted by atomic mass is 19.1. The van der Waals surface area contributed by atoms with Gasteiger partial charge in [0.15, 0.2) is 0 Å². The lowest BCUT2D eigenvalue weighted by atomic mass is 10.1. The number of nitrogens with zero attached hydrogens (tertiary/aromatic N) is 1. The number of ether oxygens (including phenoxy) is 1. The zero-order chi connectivity index (χ0) is 14.3. The largest absolute Gasteiger partial charge is 0.383 e. The third-order valence-corrected chi connectivity index (χ3v) is 4.13. The summed E-state index contributed by atoms with van der Waals surface area (Å²) in [5, 5.41) is 3.38. The molecule has 2 atom stereocenters. The zero-order valence-electron chi connectivity index (χ0n) is 11.7. The third kappa shape index (κ3) is 2.11. The van der Waals surface area contributed by atoms with Crippen molar-refractivity contribution < 1.29 is 13.9 Å². The summed E-state index contributed by atoms with van der Waals surface area (Å²) >= 11 is 0. The fourth-order valence-electron chi connectivity index (χ4n) is 2.94. The fraction of sp³-hybridized carbons (Fsp3) is 0.533. The molecule has 0 bridgehead atoms. The van der Waals surface area contributed by atoms with Gasteiger partial charge in [-0.15, -0.1) is 0 Å². The standard InChI is InChI=1S/C15H19FN2O2/c1-10(9-20-2)18-13(11-4-3-5-12(16)8-11)17-15(6-7-15)14(18)19/h3-5,8,10,13,17H,6-7,9H2,1-2H3. The van der Waals surface area contributed by atoms with Crippen LogP contribution in [0.25, 0.3) is 0 Å². The maximum Gasteiger partial charge on any atom is 0.244 e. The van der Waals surface area contributed by atoms with Crippen LogP contribution in [0, 0.1) is 5.82 Å². The van der Waals surface area contributed by atoms with Crippen molar-refractivity contribution >= 4 is 5.91 Å². The summed E-state index contributed by atoms with van der Waals surface area (Å²) in [5.74, 6) is -0.177. The smallest absolute Gasteiger partial charge is 0.244 e. The van der Waals surface area contributed by atoms with Crippen LogP contribution >= 0.6 is 0 Å². The molecule has 1 amide bonds. The van der Waals surface area contributed by atoms with E-state index in [1.807, 2.05) is 13.0 Å². The molecule has 2 unspecified atom stereocenters. The van der Waals surface area contributed by atoms with Crippen LogP contribution in [0.4, 0.5) is 4.39 Å². The lowest BCUT2D eigenvalue weighted by molar-refractivity contribution is -0.133. The molecule has 5 heteroatoms. The molecule has 3 rings (SSSR count). The van der Waals surface area contributed by atoms with Crippen molar-refractivity contribution in [3.8, 4) is 0 Å². The number of rotatable bonds is 4. The Balaban J connectivity index is 1.93. The second-order valence-electron chi connectivity index (χ2n) is 5.70. The number of hydrogen-bond donors (Lipinski definition) is 1. The van der Waals surface area contributed by atoms with Gasteiger partial charge in [0.2, 0.25) is 5.91 Å². The van der Waals surface area contributed by atoms with Crippen molar-refractivity contribution in [2.75, 3.05) is 13.7 Å². The fourth-order valence-corrected chi connectivity index (χ4v) is 2.94. The van der Waals surface area contributed by atoms with E-state index in [4.69, 9.17) is 4.74 Å². The van der Waals surface area contributed by atoms with E-state index in [2.05, 4.69) is 5.32 Å². The first-order valence-corrected chi connectivity index (χ1v) is 6.92. The van der Waals surface area contributed by atoms with Gasteiger partial charge in [-0.25, -0.2) is 4.39 Å². The highest BCUT2D eigenvalue weighted by Gasteiger charge is 2.60. The second kappa shape index (κ2) is 4.82. The van der Waals surface area contributed by atoms with Gasteiger partial charge < -0.3 is 9.64 Å². The average molecular weight is 278 g/mol. The van der Waals surface area contributed by atoms with Gasteiger partial charge in [0.1, 0.15) is 17.5 Å². The molecule has 1 saturated heterocycles. The Morgan fingerprint density at radius 2 is 2.30 bits per heavy atom. The highest BCUT2D eigenvalue weighted by Crippen LogP contribution is 2.46. The van der Waals surface area contributed by atoms with Crippen LogP contribution in [0.3, 0.4) is 0 Å².